The molecule has 2 fully saturated rings. The van der Waals surface area contributed by atoms with Crippen LogP contribution in [0.4, 0.5) is 18.0 Å². The predicted molar refractivity (Wildman–Crippen MR) is 76.9 cm³/mol. The summed E-state index contributed by atoms with van der Waals surface area (Å²) in [5, 5.41) is 5.96. The monoisotopic (exact) mass is 348 g/mol. The van der Waals surface area contributed by atoms with Gasteiger partial charge in [-0.2, -0.15) is 18.3 Å². The third kappa shape index (κ3) is 3.46. The molecule has 0 aliphatic carbocycles. The highest BCUT2D eigenvalue weighted by molar-refractivity contribution is 8.14. The number of carbonyl (C=O) groups excluding carboxylic acids is 2. The minimum absolute atomic E-state index is 0.184. The molecule has 1 aromatic rings. The third-order valence-electron chi connectivity index (χ3n) is 3.95. The molecule has 126 valence electrons. The minimum Gasteiger partial charge on any atom is -0.339 e. The topological polar surface area (TPSA) is 67.2 Å². The lowest BCUT2D eigenvalue weighted by Crippen LogP contribution is -2.49. The Morgan fingerprint density at radius 2 is 2.22 bits per heavy atom. The van der Waals surface area contributed by atoms with Crippen molar-refractivity contribution in [3.05, 3.63) is 18.0 Å². The lowest BCUT2D eigenvalue weighted by molar-refractivity contribution is -0.142. The zero-order chi connectivity index (χ0) is 16.6. The van der Waals surface area contributed by atoms with Crippen LogP contribution in [-0.2, 0) is 11.0 Å². The van der Waals surface area contributed by atoms with Gasteiger partial charge < -0.3 is 10.2 Å². The van der Waals surface area contributed by atoms with Crippen molar-refractivity contribution in [2.75, 3.05) is 18.8 Å². The Kier molecular flexibility index (Phi) is 4.26. The van der Waals surface area contributed by atoms with Gasteiger partial charge in [-0.1, -0.05) is 11.8 Å². The summed E-state index contributed by atoms with van der Waals surface area (Å²) in [5.74, 6) is 0.204. The van der Waals surface area contributed by atoms with Gasteiger partial charge in [-0.15, -0.1) is 0 Å². The van der Waals surface area contributed by atoms with E-state index in [1.54, 1.807) is 4.90 Å². The van der Waals surface area contributed by atoms with Crippen molar-refractivity contribution in [2.45, 2.75) is 31.1 Å². The Morgan fingerprint density at radius 3 is 2.83 bits per heavy atom. The van der Waals surface area contributed by atoms with Crippen LogP contribution < -0.4 is 5.32 Å². The molecule has 10 heteroatoms. The minimum atomic E-state index is -4.47. The molecule has 2 aliphatic heterocycles. The Labute approximate surface area is 134 Å². The second-order valence-corrected chi connectivity index (χ2v) is 6.55. The summed E-state index contributed by atoms with van der Waals surface area (Å²) in [6.45, 7) is 0.842. The lowest BCUT2D eigenvalue weighted by Gasteiger charge is -2.34. The van der Waals surface area contributed by atoms with E-state index in [1.807, 2.05) is 0 Å². The molecule has 0 spiro atoms. The van der Waals surface area contributed by atoms with Crippen molar-refractivity contribution in [1.82, 2.24) is 20.0 Å². The molecule has 2 amide bonds. The summed E-state index contributed by atoms with van der Waals surface area (Å²) in [6, 6.07) is 0.109. The number of halogens is 3. The van der Waals surface area contributed by atoms with Crippen LogP contribution in [0.5, 0.6) is 0 Å². The van der Waals surface area contributed by atoms with Gasteiger partial charge in [0.15, 0.2) is 5.69 Å². The standard InChI is InChI=1S/C13H15F3N4O2S/c14-13(15,16)10-3-5-20(18-10)8-2-1-4-19(6-8)11(21)9-7-23-12(22)17-9/h3,5,8-9H,1-2,4,6-7H2,(H,17,22)/t8-,9+/m0/s1. The second kappa shape index (κ2) is 6.06. The van der Waals surface area contributed by atoms with Crippen LogP contribution in [0.2, 0.25) is 0 Å². The van der Waals surface area contributed by atoms with E-state index in [9.17, 15) is 22.8 Å². The van der Waals surface area contributed by atoms with Gasteiger partial charge in [0.25, 0.3) is 5.24 Å². The number of rotatable bonds is 2. The Hall–Kier alpha value is -1.71. The molecule has 2 saturated heterocycles. The first-order valence-corrected chi connectivity index (χ1v) is 8.17. The number of thioether (sulfide) groups is 1. The number of likely N-dealkylation sites (tertiary alicyclic amines) is 1. The van der Waals surface area contributed by atoms with Crippen molar-refractivity contribution in [3.8, 4) is 0 Å². The number of nitrogens with one attached hydrogen (secondary N) is 1. The number of hydrogen-bond donors (Lipinski definition) is 1. The molecule has 2 atom stereocenters. The average Bonchev–Trinajstić information content (AvgIpc) is 3.15. The van der Waals surface area contributed by atoms with E-state index in [0.717, 1.165) is 17.8 Å². The third-order valence-corrected chi connectivity index (χ3v) is 4.83. The Morgan fingerprint density at radius 1 is 1.43 bits per heavy atom. The van der Waals surface area contributed by atoms with Crippen LogP contribution in [0, 0.1) is 0 Å². The Bertz CT molecular complexity index is 619. The SMILES string of the molecule is O=C1N[C@@H](C(=O)N2CCC[C@H](n3ccc(C(F)(F)F)n3)C2)CS1. The van der Waals surface area contributed by atoms with E-state index in [2.05, 4.69) is 10.4 Å². The number of piperidine rings is 1. The first kappa shape index (κ1) is 16.2. The van der Waals surface area contributed by atoms with Crippen LogP contribution in [0.3, 0.4) is 0 Å². The molecule has 1 aromatic heterocycles. The molecule has 0 aromatic carbocycles. The maximum atomic E-state index is 12.6. The van der Waals surface area contributed by atoms with E-state index < -0.39 is 17.9 Å². The summed E-state index contributed by atoms with van der Waals surface area (Å²) < 4.78 is 39.2. The average molecular weight is 348 g/mol. The molecule has 1 N–H and O–H groups in total. The molecule has 0 radical (unpaired) electrons. The highest BCUT2D eigenvalue weighted by atomic mass is 32.2. The molecule has 3 rings (SSSR count). The smallest absolute Gasteiger partial charge is 0.339 e. The zero-order valence-electron chi connectivity index (χ0n) is 12.0. The fourth-order valence-electron chi connectivity index (χ4n) is 2.80. The summed E-state index contributed by atoms with van der Waals surface area (Å²) in [4.78, 5) is 25.2. The molecule has 6 nitrogen and oxygen atoms in total. The maximum absolute atomic E-state index is 12.6. The van der Waals surface area contributed by atoms with Gasteiger partial charge >= 0.3 is 6.18 Å². The fourth-order valence-corrected chi connectivity index (χ4v) is 3.57. The van der Waals surface area contributed by atoms with Crippen molar-refractivity contribution >= 4 is 22.9 Å². The van der Waals surface area contributed by atoms with Crippen molar-refractivity contribution in [2.24, 2.45) is 0 Å². The first-order valence-electron chi connectivity index (χ1n) is 7.19. The summed E-state index contributed by atoms with van der Waals surface area (Å²) in [6.07, 6.45) is -1.82. The second-order valence-electron chi connectivity index (χ2n) is 5.55. The van der Waals surface area contributed by atoms with Crippen LogP contribution >= 0.6 is 11.8 Å². The van der Waals surface area contributed by atoms with Gasteiger partial charge in [0.05, 0.1) is 6.04 Å². The number of aromatic nitrogens is 2. The molecule has 23 heavy (non-hydrogen) atoms. The van der Waals surface area contributed by atoms with Gasteiger partial charge in [0, 0.05) is 25.0 Å². The van der Waals surface area contributed by atoms with Crippen molar-refractivity contribution in [1.29, 1.82) is 0 Å². The van der Waals surface area contributed by atoms with Crippen LogP contribution in [0.25, 0.3) is 0 Å². The summed E-state index contributed by atoms with van der Waals surface area (Å²) in [5.41, 5.74) is -0.930. The summed E-state index contributed by atoms with van der Waals surface area (Å²) in [7, 11) is 0. The molecule has 3 heterocycles. The van der Waals surface area contributed by atoms with Crippen molar-refractivity contribution < 1.29 is 22.8 Å². The van der Waals surface area contributed by atoms with Crippen molar-refractivity contribution in [3.63, 3.8) is 0 Å². The normalized spacial score (nSPS) is 25.5. The van der Waals surface area contributed by atoms with E-state index in [-0.39, 0.29) is 17.2 Å². The molecular weight excluding hydrogens is 333 g/mol. The lowest BCUT2D eigenvalue weighted by atomic mass is 10.1. The van der Waals surface area contributed by atoms with Gasteiger partial charge in [0.1, 0.15) is 6.04 Å². The maximum Gasteiger partial charge on any atom is 0.435 e. The van der Waals surface area contributed by atoms with E-state index in [0.29, 0.717) is 31.7 Å². The summed E-state index contributed by atoms with van der Waals surface area (Å²) >= 11 is 1.06. The quantitative estimate of drug-likeness (QED) is 0.886. The van der Waals surface area contributed by atoms with E-state index >= 15 is 0 Å². The molecule has 0 bridgehead atoms. The van der Waals surface area contributed by atoms with Crippen LogP contribution in [0.1, 0.15) is 24.6 Å². The highest BCUT2D eigenvalue weighted by Gasteiger charge is 2.36. The molecule has 0 unspecified atom stereocenters. The highest BCUT2D eigenvalue weighted by Crippen LogP contribution is 2.29. The number of carbonyl (C=O) groups is 2. The Balaban J connectivity index is 1.67. The number of nitrogens with zero attached hydrogens (tertiary/aromatic N) is 3. The van der Waals surface area contributed by atoms with Gasteiger partial charge in [-0.3, -0.25) is 14.3 Å². The van der Waals surface area contributed by atoms with E-state index in [1.165, 1.54) is 10.9 Å². The zero-order valence-corrected chi connectivity index (χ0v) is 12.9. The number of hydrogen-bond acceptors (Lipinski definition) is 4. The van der Waals surface area contributed by atoms with Gasteiger partial charge in [0.2, 0.25) is 5.91 Å². The largest absolute Gasteiger partial charge is 0.435 e. The molecule has 2 aliphatic rings. The molecule has 0 saturated carbocycles. The fraction of sp³-hybridized carbons (Fsp3) is 0.615. The molecular formula is C13H15F3N4O2S. The number of alkyl halides is 3. The van der Waals surface area contributed by atoms with E-state index in [4.69, 9.17) is 0 Å². The van der Waals surface area contributed by atoms with Gasteiger partial charge in [-0.25, -0.2) is 0 Å². The first-order chi connectivity index (χ1) is 10.8. The number of amides is 2. The van der Waals surface area contributed by atoms with Crippen LogP contribution in [-0.4, -0.2) is 50.7 Å². The van der Waals surface area contributed by atoms with Crippen LogP contribution in [0.15, 0.2) is 12.3 Å². The van der Waals surface area contributed by atoms with Gasteiger partial charge in [-0.05, 0) is 18.9 Å². The predicted octanol–water partition coefficient (Wildman–Crippen LogP) is 1.89.